The van der Waals surface area contributed by atoms with Crippen molar-refractivity contribution in [3.8, 4) is 22.6 Å². The lowest BCUT2D eigenvalue weighted by molar-refractivity contribution is -0.140. The van der Waals surface area contributed by atoms with Gasteiger partial charge in [0.15, 0.2) is 0 Å². The Labute approximate surface area is 313 Å². The van der Waals surface area contributed by atoms with E-state index in [1.165, 1.54) is 0 Å². The molecule has 6 rings (SSSR count). The van der Waals surface area contributed by atoms with Gasteiger partial charge in [0, 0.05) is 24.7 Å². The molecule has 54 heavy (non-hydrogen) atoms. The highest BCUT2D eigenvalue weighted by Gasteiger charge is 2.18. The van der Waals surface area contributed by atoms with Gasteiger partial charge < -0.3 is 23.7 Å². The number of azo groups is 2. The molecule has 0 aliphatic carbocycles. The van der Waals surface area contributed by atoms with Crippen molar-refractivity contribution >= 4 is 56.2 Å². The highest BCUT2D eigenvalue weighted by molar-refractivity contribution is 6.12. The Morgan fingerprint density at radius 2 is 1.00 bits per heavy atom. The lowest BCUT2D eigenvalue weighted by Crippen LogP contribution is -2.18. The van der Waals surface area contributed by atoms with Crippen LogP contribution in [0.1, 0.15) is 19.8 Å². The standard InChI is InChI=1S/C43H40N4O7/c1-3-8-40(48)53-34-19-15-32(16-20-34)44-46-38-23-13-30-9-4-6-11-36(30)42(38)43-37-12-7-5-10-31(37)14-24-39(43)47-45-33-17-21-35(22-18-33)54-41(49)29-52-28-27-51-26-25-50-2/h4-7,9-24H,3,8,25-29H2,1-2H3. The van der Waals surface area contributed by atoms with Crippen molar-refractivity contribution in [2.45, 2.75) is 19.8 Å². The maximum atomic E-state index is 12.3. The molecule has 6 aromatic carbocycles. The molecule has 0 aromatic heterocycles. The smallest absolute Gasteiger partial charge is 0.337 e. The van der Waals surface area contributed by atoms with Gasteiger partial charge in [-0.2, -0.15) is 10.2 Å². The van der Waals surface area contributed by atoms with Crippen molar-refractivity contribution in [3.63, 3.8) is 0 Å². The van der Waals surface area contributed by atoms with Crippen molar-refractivity contribution in [1.82, 2.24) is 0 Å². The van der Waals surface area contributed by atoms with Crippen LogP contribution in [-0.4, -0.2) is 52.1 Å². The number of benzene rings is 6. The van der Waals surface area contributed by atoms with Gasteiger partial charge in [-0.3, -0.25) is 4.79 Å². The third kappa shape index (κ3) is 10.0. The Kier molecular flexibility index (Phi) is 13.3. The molecule has 0 N–H and O–H groups in total. The molecular weight excluding hydrogens is 684 g/mol. The number of carbonyl (C=O) groups is 2. The number of methoxy groups -OCH3 is 1. The van der Waals surface area contributed by atoms with Crippen LogP contribution in [0.4, 0.5) is 22.7 Å². The zero-order chi connectivity index (χ0) is 37.5. The largest absolute Gasteiger partial charge is 0.427 e. The van der Waals surface area contributed by atoms with E-state index in [4.69, 9.17) is 33.9 Å². The van der Waals surface area contributed by atoms with Crippen LogP contribution in [0.25, 0.3) is 32.7 Å². The van der Waals surface area contributed by atoms with Gasteiger partial charge in [0.1, 0.15) is 18.1 Å². The lowest BCUT2D eigenvalue weighted by Gasteiger charge is -2.15. The molecule has 0 amide bonds. The van der Waals surface area contributed by atoms with E-state index in [-0.39, 0.29) is 19.2 Å². The predicted octanol–water partition coefficient (Wildman–Crippen LogP) is 10.8. The van der Waals surface area contributed by atoms with Gasteiger partial charge in [-0.05, 0) is 88.6 Å². The zero-order valence-electron chi connectivity index (χ0n) is 30.1. The maximum Gasteiger partial charge on any atom is 0.337 e. The van der Waals surface area contributed by atoms with Gasteiger partial charge in [0.2, 0.25) is 0 Å². The Hall–Kier alpha value is -6.14. The second kappa shape index (κ2) is 19.1. The summed E-state index contributed by atoms with van der Waals surface area (Å²) in [4.78, 5) is 24.2. The summed E-state index contributed by atoms with van der Waals surface area (Å²) >= 11 is 0. The summed E-state index contributed by atoms with van der Waals surface area (Å²) in [7, 11) is 1.60. The fraction of sp³-hybridized carbons (Fsp3) is 0.209. The molecule has 274 valence electrons. The average Bonchev–Trinajstić information content (AvgIpc) is 3.19. The van der Waals surface area contributed by atoms with Crippen LogP contribution in [-0.2, 0) is 23.8 Å². The first kappa shape index (κ1) is 37.6. The Bertz CT molecular complexity index is 2250. The monoisotopic (exact) mass is 724 g/mol. The summed E-state index contributed by atoms with van der Waals surface area (Å²) in [6.45, 7) is 3.32. The van der Waals surface area contributed by atoms with E-state index in [0.29, 0.717) is 60.5 Å². The molecule has 0 heterocycles. The van der Waals surface area contributed by atoms with Crippen molar-refractivity contribution in [2.75, 3.05) is 40.1 Å². The Morgan fingerprint density at radius 1 is 0.519 bits per heavy atom. The van der Waals surface area contributed by atoms with Gasteiger partial charge in [0.05, 0.1) is 49.2 Å². The number of nitrogens with zero attached hydrogens (tertiary/aromatic N) is 4. The van der Waals surface area contributed by atoms with E-state index >= 15 is 0 Å². The van der Waals surface area contributed by atoms with Gasteiger partial charge in [-0.15, -0.1) is 10.2 Å². The number of esters is 2. The molecule has 0 saturated heterocycles. The van der Waals surface area contributed by atoms with E-state index in [9.17, 15) is 9.59 Å². The minimum atomic E-state index is -0.518. The first-order valence-electron chi connectivity index (χ1n) is 17.7. The van der Waals surface area contributed by atoms with Crippen molar-refractivity contribution < 1.29 is 33.3 Å². The van der Waals surface area contributed by atoms with Crippen LogP contribution >= 0.6 is 0 Å². The number of fused-ring (bicyclic) bond motifs is 2. The van der Waals surface area contributed by atoms with Crippen molar-refractivity contribution in [2.24, 2.45) is 20.5 Å². The predicted molar refractivity (Wildman–Crippen MR) is 208 cm³/mol. The van der Waals surface area contributed by atoms with E-state index in [0.717, 1.165) is 39.1 Å². The lowest BCUT2D eigenvalue weighted by atomic mass is 9.91. The summed E-state index contributed by atoms with van der Waals surface area (Å²) in [6.07, 6.45) is 1.07. The number of hydrogen-bond donors (Lipinski definition) is 0. The fourth-order valence-corrected chi connectivity index (χ4v) is 5.66. The zero-order valence-corrected chi connectivity index (χ0v) is 30.1. The third-order valence-electron chi connectivity index (χ3n) is 8.23. The molecule has 0 unspecified atom stereocenters. The number of hydrogen-bond acceptors (Lipinski definition) is 11. The molecule has 0 saturated carbocycles. The Balaban J connectivity index is 1.27. The highest BCUT2D eigenvalue weighted by Crippen LogP contribution is 2.46. The van der Waals surface area contributed by atoms with Crippen molar-refractivity contribution in [1.29, 1.82) is 0 Å². The molecule has 0 radical (unpaired) electrons. The summed E-state index contributed by atoms with van der Waals surface area (Å²) in [5, 5.41) is 22.7. The minimum absolute atomic E-state index is 0.196. The number of rotatable bonds is 17. The van der Waals surface area contributed by atoms with Crippen LogP contribution in [0, 0.1) is 0 Å². The second-order valence-corrected chi connectivity index (χ2v) is 12.1. The van der Waals surface area contributed by atoms with Crippen LogP contribution in [0.5, 0.6) is 11.5 Å². The molecule has 11 nitrogen and oxygen atoms in total. The Morgan fingerprint density at radius 3 is 1.52 bits per heavy atom. The minimum Gasteiger partial charge on any atom is -0.427 e. The maximum absolute atomic E-state index is 12.3. The topological polar surface area (TPSA) is 130 Å². The van der Waals surface area contributed by atoms with E-state index in [1.54, 1.807) is 55.6 Å². The quantitative estimate of drug-likeness (QED) is 0.0396. The van der Waals surface area contributed by atoms with Crippen LogP contribution in [0.15, 0.2) is 142 Å². The molecular formula is C43H40N4O7. The molecule has 0 atom stereocenters. The SMILES string of the molecule is CCCC(=O)Oc1ccc(N=Nc2ccc3ccccc3c2-c2c(N=Nc3ccc(OC(=O)COCCOCCOC)cc3)ccc3ccccc23)cc1. The second-order valence-electron chi connectivity index (χ2n) is 12.1. The van der Waals surface area contributed by atoms with Crippen LogP contribution in [0.3, 0.4) is 0 Å². The first-order valence-corrected chi connectivity index (χ1v) is 17.7. The fourth-order valence-electron chi connectivity index (χ4n) is 5.66. The third-order valence-corrected chi connectivity index (χ3v) is 8.23. The molecule has 6 aromatic rings. The summed E-state index contributed by atoms with van der Waals surface area (Å²) in [5.41, 5.74) is 4.17. The summed E-state index contributed by atoms with van der Waals surface area (Å²) in [6, 6.07) is 37.9. The van der Waals surface area contributed by atoms with Gasteiger partial charge in [0.25, 0.3) is 0 Å². The van der Waals surface area contributed by atoms with Crippen LogP contribution in [0.2, 0.25) is 0 Å². The summed E-state index contributed by atoms with van der Waals surface area (Å²) < 4.78 is 26.4. The van der Waals surface area contributed by atoms with Gasteiger partial charge in [-0.25, -0.2) is 4.79 Å². The molecule has 0 aliphatic rings. The summed E-state index contributed by atoms with van der Waals surface area (Å²) in [5.74, 6) is 0.0338. The van der Waals surface area contributed by atoms with Gasteiger partial charge in [-0.1, -0.05) is 67.6 Å². The molecule has 0 spiro atoms. The van der Waals surface area contributed by atoms with Gasteiger partial charge >= 0.3 is 11.9 Å². The highest BCUT2D eigenvalue weighted by atomic mass is 16.6. The number of carbonyl (C=O) groups excluding carboxylic acids is 2. The molecule has 0 aliphatic heterocycles. The van der Waals surface area contributed by atoms with Crippen LogP contribution < -0.4 is 9.47 Å². The van der Waals surface area contributed by atoms with E-state index < -0.39 is 5.97 Å². The normalized spacial score (nSPS) is 11.5. The molecule has 0 bridgehead atoms. The van der Waals surface area contributed by atoms with E-state index in [1.807, 2.05) is 55.5 Å². The van der Waals surface area contributed by atoms with Crippen molar-refractivity contribution in [3.05, 3.63) is 121 Å². The number of ether oxygens (including phenoxy) is 5. The molecule has 0 fully saturated rings. The average molecular weight is 725 g/mol. The molecule has 11 heteroatoms. The van der Waals surface area contributed by atoms with E-state index in [2.05, 4.69) is 34.5 Å². The first-order chi connectivity index (χ1) is 26.5.